The molecule has 0 amide bonds. The molecule has 1 aliphatic rings. The number of aliphatic hydroxyl groups is 1. The van der Waals surface area contributed by atoms with Gasteiger partial charge in [0.2, 0.25) is 5.71 Å². The molecule has 0 radical (unpaired) electrons. The number of methoxy groups -OCH3 is 2. The molecule has 0 fully saturated rings. The molecule has 2 aromatic rings. The molecule has 0 unspecified atom stereocenters. The Balaban J connectivity index is 2.28. The van der Waals surface area contributed by atoms with Gasteiger partial charge in [0.1, 0.15) is 11.9 Å². The first-order valence-corrected chi connectivity index (χ1v) is 8.81. The summed E-state index contributed by atoms with van der Waals surface area (Å²) in [4.78, 5) is 16.4. The number of carbonyl (C=O) groups is 1. The summed E-state index contributed by atoms with van der Waals surface area (Å²) in [6.07, 6.45) is 5.40. The minimum Gasteiger partial charge on any atom is -0.496 e. The fourth-order valence-electron chi connectivity index (χ4n) is 3.59. The molecule has 0 saturated carbocycles. The maximum atomic E-state index is 11.7. The maximum absolute atomic E-state index is 11.7. The van der Waals surface area contributed by atoms with Crippen molar-refractivity contribution in [3.63, 3.8) is 0 Å². The highest BCUT2D eigenvalue weighted by Gasteiger charge is 2.48. The second kappa shape index (κ2) is 6.98. The molecule has 1 N–H and O–H groups in total. The van der Waals surface area contributed by atoms with Crippen molar-refractivity contribution in [3.8, 4) is 5.75 Å². The summed E-state index contributed by atoms with van der Waals surface area (Å²) in [6.45, 7) is 4.67. The second-order valence-corrected chi connectivity index (χ2v) is 7.23. The molecule has 7 nitrogen and oxygen atoms in total. The van der Waals surface area contributed by atoms with Gasteiger partial charge in [0.15, 0.2) is 5.60 Å². The Labute approximate surface area is 157 Å². The van der Waals surface area contributed by atoms with Crippen LogP contribution in [0.3, 0.4) is 0 Å². The molecule has 0 aromatic carbocycles. The number of hydrogen-bond donors (Lipinski definition) is 1. The Hall–Kier alpha value is -2.38. The number of fused-ring (bicyclic) bond motifs is 2. The van der Waals surface area contributed by atoms with E-state index in [9.17, 15) is 9.90 Å². The van der Waals surface area contributed by atoms with Gasteiger partial charge in [-0.3, -0.25) is 4.79 Å². The summed E-state index contributed by atoms with van der Waals surface area (Å²) in [6, 6.07) is 1.81. The molecule has 0 saturated heterocycles. The normalized spacial score (nSPS) is 22.8. The van der Waals surface area contributed by atoms with Gasteiger partial charge in [-0.25, -0.2) is 4.98 Å². The molecule has 2 heterocycles. The van der Waals surface area contributed by atoms with Gasteiger partial charge in [-0.15, -0.1) is 0 Å². The van der Waals surface area contributed by atoms with E-state index in [0.717, 1.165) is 10.9 Å². The van der Waals surface area contributed by atoms with Gasteiger partial charge in [-0.05, 0) is 38.8 Å². The molecular formula is C20H25NO6. The predicted octanol–water partition coefficient (Wildman–Crippen LogP) is 2.88. The number of furan rings is 1. The van der Waals surface area contributed by atoms with Crippen molar-refractivity contribution in [1.29, 1.82) is 0 Å². The monoisotopic (exact) mass is 375 g/mol. The number of ether oxygens (including phenoxy) is 3. The third-order valence-electron chi connectivity index (χ3n) is 4.76. The van der Waals surface area contributed by atoms with Crippen molar-refractivity contribution in [2.75, 3.05) is 14.2 Å². The molecule has 3 rings (SSSR count). The number of aromatic nitrogens is 1. The van der Waals surface area contributed by atoms with Crippen LogP contribution >= 0.6 is 0 Å². The molecule has 146 valence electrons. The van der Waals surface area contributed by atoms with Gasteiger partial charge in [0, 0.05) is 19.6 Å². The summed E-state index contributed by atoms with van der Waals surface area (Å²) in [5.41, 5.74) is -0.414. The van der Waals surface area contributed by atoms with Crippen LogP contribution in [0.25, 0.3) is 11.1 Å². The molecule has 0 spiro atoms. The summed E-state index contributed by atoms with van der Waals surface area (Å²) >= 11 is 0. The molecule has 2 atom stereocenters. The lowest BCUT2D eigenvalue weighted by Crippen LogP contribution is -2.47. The van der Waals surface area contributed by atoms with Crippen LogP contribution < -0.4 is 4.74 Å². The minimum absolute atomic E-state index is 0.409. The van der Waals surface area contributed by atoms with E-state index in [0.29, 0.717) is 30.0 Å². The highest BCUT2D eigenvalue weighted by Crippen LogP contribution is 2.46. The fraction of sp³-hybridized carbons (Fsp3) is 0.500. The summed E-state index contributed by atoms with van der Waals surface area (Å²) in [5, 5.41) is 11.0. The van der Waals surface area contributed by atoms with E-state index in [1.165, 1.54) is 14.0 Å². The van der Waals surface area contributed by atoms with E-state index in [4.69, 9.17) is 18.6 Å². The highest BCUT2D eigenvalue weighted by molar-refractivity contribution is 5.83. The van der Waals surface area contributed by atoms with Crippen LogP contribution in [0.15, 0.2) is 28.9 Å². The summed E-state index contributed by atoms with van der Waals surface area (Å²) < 4.78 is 22.6. The Morgan fingerprint density at radius 3 is 2.78 bits per heavy atom. The summed E-state index contributed by atoms with van der Waals surface area (Å²) in [5.74, 6) is 0.260. The third kappa shape index (κ3) is 3.44. The smallest absolute Gasteiger partial charge is 0.303 e. The van der Waals surface area contributed by atoms with Gasteiger partial charge in [0.05, 0.1) is 30.1 Å². The summed E-state index contributed by atoms with van der Waals surface area (Å²) in [7, 11) is 3.13. The zero-order valence-corrected chi connectivity index (χ0v) is 16.2. The molecule has 2 aromatic heterocycles. The van der Waals surface area contributed by atoms with Crippen LogP contribution in [0.2, 0.25) is 0 Å². The second-order valence-electron chi connectivity index (χ2n) is 7.23. The van der Waals surface area contributed by atoms with Crippen LogP contribution in [-0.4, -0.2) is 42.0 Å². The average Bonchev–Trinajstić information content (AvgIpc) is 3.06. The van der Waals surface area contributed by atoms with Crippen LogP contribution in [0, 0.1) is 0 Å². The van der Waals surface area contributed by atoms with Gasteiger partial charge in [0.25, 0.3) is 0 Å². The van der Waals surface area contributed by atoms with Gasteiger partial charge < -0.3 is 23.7 Å². The van der Waals surface area contributed by atoms with Gasteiger partial charge in [-0.1, -0.05) is 6.08 Å². The van der Waals surface area contributed by atoms with Crippen molar-refractivity contribution in [1.82, 2.24) is 4.98 Å². The number of rotatable bonds is 5. The molecule has 0 aliphatic heterocycles. The number of carbonyl (C=O) groups excluding carboxylic acids is 1. The van der Waals surface area contributed by atoms with Crippen molar-refractivity contribution in [2.24, 2.45) is 0 Å². The first kappa shape index (κ1) is 19.4. The molecule has 1 aliphatic carbocycles. The van der Waals surface area contributed by atoms with E-state index in [1.54, 1.807) is 45.4 Å². The molecule has 7 heteroatoms. The molecule has 0 bridgehead atoms. The first-order chi connectivity index (χ1) is 12.7. The largest absolute Gasteiger partial charge is 0.496 e. The topological polar surface area (TPSA) is 91.0 Å². The van der Waals surface area contributed by atoms with Crippen LogP contribution in [0.5, 0.6) is 5.75 Å². The van der Waals surface area contributed by atoms with Gasteiger partial charge in [-0.2, -0.15) is 0 Å². The zero-order chi connectivity index (χ0) is 19.8. The quantitative estimate of drug-likeness (QED) is 0.635. The Bertz CT molecular complexity index is 878. The van der Waals surface area contributed by atoms with E-state index in [1.807, 2.05) is 0 Å². The SMILES string of the molecule is COc1c2c(nc3occc13)[C@@](/C=C/C(C)(C)O)(OC)[C@H](OC(C)=O)CC2. The Morgan fingerprint density at radius 2 is 2.19 bits per heavy atom. The van der Waals surface area contributed by atoms with Crippen molar-refractivity contribution in [2.45, 2.75) is 50.9 Å². The van der Waals surface area contributed by atoms with Crippen LogP contribution in [0.4, 0.5) is 0 Å². The number of nitrogens with zero attached hydrogens (tertiary/aromatic N) is 1. The number of pyridine rings is 1. The van der Waals surface area contributed by atoms with Crippen LogP contribution in [-0.2, 0) is 26.3 Å². The predicted molar refractivity (Wildman–Crippen MR) is 98.6 cm³/mol. The number of esters is 1. The van der Waals surface area contributed by atoms with E-state index in [-0.39, 0.29) is 0 Å². The average molecular weight is 375 g/mol. The minimum atomic E-state index is -1.17. The van der Waals surface area contributed by atoms with Gasteiger partial charge >= 0.3 is 5.97 Å². The third-order valence-corrected chi connectivity index (χ3v) is 4.76. The lowest BCUT2D eigenvalue weighted by atomic mass is 9.78. The standard InChI is InChI=1S/C20H25NO6/c1-12(22)27-15-7-6-13-16(24-4)14-8-11-26-18(14)21-17(13)20(15,25-5)10-9-19(2,3)23/h8-11,15,23H,6-7H2,1-5H3/b10-9+/t15-,20+/m1/s1. The first-order valence-electron chi connectivity index (χ1n) is 8.81. The van der Waals surface area contributed by atoms with Crippen molar-refractivity contribution < 1.29 is 28.5 Å². The number of hydrogen-bond acceptors (Lipinski definition) is 7. The Morgan fingerprint density at radius 1 is 1.44 bits per heavy atom. The Kier molecular flexibility index (Phi) is 5.01. The zero-order valence-electron chi connectivity index (χ0n) is 16.2. The maximum Gasteiger partial charge on any atom is 0.303 e. The lowest BCUT2D eigenvalue weighted by Gasteiger charge is -2.41. The van der Waals surface area contributed by atoms with Crippen LogP contribution in [0.1, 0.15) is 38.4 Å². The molecule has 27 heavy (non-hydrogen) atoms. The van der Waals surface area contributed by atoms with E-state index >= 15 is 0 Å². The van der Waals surface area contributed by atoms with E-state index in [2.05, 4.69) is 4.98 Å². The molecular weight excluding hydrogens is 350 g/mol. The van der Waals surface area contributed by atoms with E-state index < -0.39 is 23.3 Å². The van der Waals surface area contributed by atoms with Crippen molar-refractivity contribution >= 4 is 17.1 Å². The lowest BCUT2D eigenvalue weighted by molar-refractivity contribution is -0.165. The van der Waals surface area contributed by atoms with Crippen molar-refractivity contribution in [3.05, 3.63) is 35.7 Å². The fourth-order valence-corrected chi connectivity index (χ4v) is 3.59. The highest BCUT2D eigenvalue weighted by atomic mass is 16.6.